The van der Waals surface area contributed by atoms with Crippen molar-refractivity contribution in [2.45, 2.75) is 35.4 Å². The highest BCUT2D eigenvalue weighted by molar-refractivity contribution is 7.92. The van der Waals surface area contributed by atoms with E-state index in [1.54, 1.807) is 6.07 Å². The summed E-state index contributed by atoms with van der Waals surface area (Å²) in [5.41, 5.74) is 0.770. The fraction of sp³-hybridized carbons (Fsp3) is 0.400. The summed E-state index contributed by atoms with van der Waals surface area (Å²) < 4.78 is 45.3. The van der Waals surface area contributed by atoms with Gasteiger partial charge in [0.25, 0.3) is 0 Å². The Morgan fingerprint density at radius 2 is 1.92 bits per heavy atom. The van der Waals surface area contributed by atoms with E-state index in [4.69, 9.17) is 14.8 Å². The Bertz CT molecular complexity index is 1450. The molecule has 5 rings (SSSR count). The van der Waals surface area contributed by atoms with E-state index >= 15 is 0 Å². The van der Waals surface area contributed by atoms with Gasteiger partial charge in [-0.15, -0.1) is 0 Å². The zero-order valence-electron chi connectivity index (χ0n) is 21.2. The van der Waals surface area contributed by atoms with E-state index in [-0.39, 0.29) is 35.9 Å². The number of carbonyl (C=O) groups excluding carboxylic acids is 1. The first-order chi connectivity index (χ1) is 18.7. The maximum atomic E-state index is 13.7. The van der Waals surface area contributed by atoms with Gasteiger partial charge < -0.3 is 20.1 Å². The van der Waals surface area contributed by atoms with E-state index in [1.165, 1.54) is 24.5 Å². The molecule has 39 heavy (non-hydrogen) atoms. The van der Waals surface area contributed by atoms with Crippen molar-refractivity contribution >= 4 is 27.6 Å². The van der Waals surface area contributed by atoms with Gasteiger partial charge in [-0.3, -0.25) is 5.32 Å². The fourth-order valence-corrected chi connectivity index (χ4v) is 6.42. The van der Waals surface area contributed by atoms with Crippen molar-refractivity contribution in [3.63, 3.8) is 0 Å². The molecule has 14 heteroatoms. The average Bonchev–Trinajstić information content (AvgIpc) is 3.76. The Hall–Kier alpha value is -3.75. The fourth-order valence-electron chi connectivity index (χ4n) is 4.45. The van der Waals surface area contributed by atoms with Gasteiger partial charge in [0.05, 0.1) is 42.0 Å². The van der Waals surface area contributed by atoms with E-state index in [0.29, 0.717) is 49.7 Å². The van der Waals surface area contributed by atoms with Crippen LogP contribution in [-0.2, 0) is 19.3 Å². The molecule has 3 aromatic rings. The number of hydrogen-bond acceptors (Lipinski definition) is 10. The molecule has 0 spiro atoms. The smallest absolute Gasteiger partial charge is 0.321 e. The van der Waals surface area contributed by atoms with Crippen LogP contribution in [0.15, 0.2) is 47.6 Å². The van der Waals surface area contributed by atoms with Crippen LogP contribution in [0.2, 0.25) is 0 Å². The Balaban J connectivity index is 1.53. The zero-order chi connectivity index (χ0) is 27.6. The standard InChI is InChI=1S/C25H28FN7O5S/c1-16-15-38-11-9-33(16)21-12-20(25(6-7-25)39(36,37)19-4-2-18(26)3-5-19)30-22(31-21)17-13-28-23(29-14-17)32-24(35)27-8-10-34/h2-5,12-14,16,34H,6-11,15H2,1H3,(H2,27,28,29,32,35)/t16-/m0/s1. The van der Waals surface area contributed by atoms with Crippen LogP contribution < -0.4 is 15.5 Å². The van der Waals surface area contributed by atoms with Gasteiger partial charge in [0, 0.05) is 31.5 Å². The third-order valence-electron chi connectivity index (χ3n) is 6.72. The molecule has 2 fully saturated rings. The summed E-state index contributed by atoms with van der Waals surface area (Å²) in [7, 11) is -3.89. The van der Waals surface area contributed by atoms with Crippen molar-refractivity contribution in [1.29, 1.82) is 0 Å². The first-order valence-corrected chi connectivity index (χ1v) is 13.9. The molecule has 1 saturated heterocycles. The molecule has 2 aliphatic rings. The molecule has 1 saturated carbocycles. The topological polar surface area (TPSA) is 160 Å². The maximum absolute atomic E-state index is 13.7. The zero-order valence-corrected chi connectivity index (χ0v) is 22.0. The first-order valence-electron chi connectivity index (χ1n) is 12.5. The summed E-state index contributed by atoms with van der Waals surface area (Å²) >= 11 is 0. The molecule has 2 aromatic heterocycles. The van der Waals surface area contributed by atoms with E-state index in [0.717, 1.165) is 12.1 Å². The van der Waals surface area contributed by atoms with Gasteiger partial charge in [0.2, 0.25) is 5.95 Å². The number of carbonyl (C=O) groups is 1. The summed E-state index contributed by atoms with van der Waals surface area (Å²) in [6.07, 6.45) is 3.61. The second-order valence-corrected chi connectivity index (χ2v) is 11.7. The number of morpholine rings is 1. The molecule has 1 aliphatic carbocycles. The lowest BCUT2D eigenvalue weighted by atomic mass is 10.2. The third kappa shape index (κ3) is 5.40. The van der Waals surface area contributed by atoms with Crippen LogP contribution in [0.1, 0.15) is 25.5 Å². The number of halogens is 1. The molecule has 3 N–H and O–H groups in total. The number of amides is 2. The van der Waals surface area contributed by atoms with Gasteiger partial charge in [-0.1, -0.05) is 0 Å². The number of rotatable bonds is 8. The van der Waals surface area contributed by atoms with E-state index in [9.17, 15) is 17.6 Å². The van der Waals surface area contributed by atoms with E-state index in [1.807, 2.05) is 11.8 Å². The molecule has 2 amide bonds. The van der Waals surface area contributed by atoms with Gasteiger partial charge in [0.15, 0.2) is 15.7 Å². The van der Waals surface area contributed by atoms with Crippen molar-refractivity contribution < 1.29 is 27.4 Å². The summed E-state index contributed by atoms with van der Waals surface area (Å²) in [6.45, 7) is 3.43. The van der Waals surface area contributed by atoms with Crippen LogP contribution in [-0.4, -0.2) is 78.4 Å². The van der Waals surface area contributed by atoms with Crippen molar-refractivity contribution in [2.75, 3.05) is 43.1 Å². The van der Waals surface area contributed by atoms with Gasteiger partial charge in [-0.2, -0.15) is 0 Å². The number of aromatic nitrogens is 4. The Labute approximate surface area is 224 Å². The summed E-state index contributed by atoms with van der Waals surface area (Å²) in [4.78, 5) is 31.6. The number of ether oxygens (including phenoxy) is 1. The highest BCUT2D eigenvalue weighted by atomic mass is 32.2. The number of anilines is 2. The highest BCUT2D eigenvalue weighted by Gasteiger charge is 2.58. The maximum Gasteiger partial charge on any atom is 0.321 e. The summed E-state index contributed by atoms with van der Waals surface area (Å²) in [6, 6.07) is 5.95. The monoisotopic (exact) mass is 557 g/mol. The van der Waals surface area contributed by atoms with Crippen molar-refractivity contribution in [1.82, 2.24) is 25.3 Å². The van der Waals surface area contributed by atoms with Gasteiger partial charge in [0.1, 0.15) is 16.4 Å². The SMILES string of the molecule is C[C@H]1COCCN1c1cc(C2(S(=O)(=O)c3ccc(F)cc3)CC2)nc(-c2cnc(NC(=O)NCCO)nc2)n1. The minimum Gasteiger partial charge on any atom is -0.395 e. The molecule has 1 atom stereocenters. The van der Waals surface area contributed by atoms with Crippen LogP contribution in [0.5, 0.6) is 0 Å². The molecular weight excluding hydrogens is 529 g/mol. The molecule has 0 radical (unpaired) electrons. The van der Waals surface area contributed by atoms with Crippen LogP contribution in [0.3, 0.4) is 0 Å². The van der Waals surface area contributed by atoms with Crippen LogP contribution in [0.25, 0.3) is 11.4 Å². The van der Waals surface area contributed by atoms with Crippen molar-refractivity contribution in [3.8, 4) is 11.4 Å². The number of aliphatic hydroxyl groups is 1. The minimum atomic E-state index is -3.89. The predicted molar refractivity (Wildman–Crippen MR) is 139 cm³/mol. The average molecular weight is 558 g/mol. The number of hydrogen-bond donors (Lipinski definition) is 3. The van der Waals surface area contributed by atoms with Gasteiger partial charge in [-0.25, -0.2) is 37.5 Å². The third-order valence-corrected chi connectivity index (χ3v) is 9.26. The Kier molecular flexibility index (Phi) is 7.42. The van der Waals surface area contributed by atoms with Crippen LogP contribution >= 0.6 is 0 Å². The number of aliphatic hydroxyl groups excluding tert-OH is 1. The lowest BCUT2D eigenvalue weighted by molar-refractivity contribution is 0.0985. The second kappa shape index (κ2) is 10.8. The largest absolute Gasteiger partial charge is 0.395 e. The Morgan fingerprint density at radius 3 is 2.56 bits per heavy atom. The van der Waals surface area contributed by atoms with E-state index < -0.39 is 26.4 Å². The highest BCUT2D eigenvalue weighted by Crippen LogP contribution is 2.55. The van der Waals surface area contributed by atoms with Crippen molar-refractivity contribution in [3.05, 3.63) is 54.2 Å². The lowest BCUT2D eigenvalue weighted by Gasteiger charge is -2.34. The second-order valence-electron chi connectivity index (χ2n) is 9.40. The van der Waals surface area contributed by atoms with Crippen LogP contribution in [0, 0.1) is 5.82 Å². The van der Waals surface area contributed by atoms with Gasteiger partial charge in [-0.05, 0) is 44.0 Å². The number of benzene rings is 1. The number of sulfone groups is 1. The summed E-state index contributed by atoms with van der Waals surface area (Å²) in [5.74, 6) is 0.301. The van der Waals surface area contributed by atoms with Crippen LogP contribution in [0.4, 0.5) is 21.0 Å². The normalized spacial score (nSPS) is 18.4. The molecule has 0 unspecified atom stereocenters. The number of nitrogens with one attached hydrogen (secondary N) is 2. The molecule has 1 aliphatic heterocycles. The molecule has 0 bridgehead atoms. The lowest BCUT2D eigenvalue weighted by Crippen LogP contribution is -2.44. The minimum absolute atomic E-state index is 0.00142. The molecule has 206 valence electrons. The van der Waals surface area contributed by atoms with E-state index in [2.05, 4.69) is 25.6 Å². The van der Waals surface area contributed by atoms with Crippen molar-refractivity contribution in [2.24, 2.45) is 0 Å². The molecule has 1 aromatic carbocycles. The molecule has 12 nitrogen and oxygen atoms in total. The quantitative estimate of drug-likeness (QED) is 0.349. The summed E-state index contributed by atoms with van der Waals surface area (Å²) in [5, 5.41) is 13.7. The predicted octanol–water partition coefficient (Wildman–Crippen LogP) is 1.87. The number of nitrogens with zero attached hydrogens (tertiary/aromatic N) is 5. The molecular formula is C25H28FN7O5S. The Morgan fingerprint density at radius 1 is 1.21 bits per heavy atom. The molecule has 3 heterocycles. The number of urea groups is 1. The van der Waals surface area contributed by atoms with Gasteiger partial charge >= 0.3 is 6.03 Å². The first kappa shape index (κ1) is 26.8.